The maximum atomic E-state index is 12.8. The summed E-state index contributed by atoms with van der Waals surface area (Å²) in [6.45, 7) is 4.23. The van der Waals surface area contributed by atoms with Crippen LogP contribution in [0.15, 0.2) is 78.0 Å². The van der Waals surface area contributed by atoms with Gasteiger partial charge in [-0.2, -0.15) is 0 Å². The molecule has 34 heavy (non-hydrogen) atoms. The fraction of sp³-hybridized carbons (Fsp3) is 0.160. The fourth-order valence-corrected chi connectivity index (χ4v) is 4.49. The Morgan fingerprint density at radius 2 is 1.79 bits per heavy atom. The Morgan fingerprint density at radius 3 is 2.53 bits per heavy atom. The van der Waals surface area contributed by atoms with Gasteiger partial charge in [0.2, 0.25) is 5.91 Å². The maximum Gasteiger partial charge on any atom is 0.237 e. The molecule has 6 nitrogen and oxygen atoms in total. The highest BCUT2D eigenvalue weighted by Crippen LogP contribution is 2.28. The molecule has 9 heteroatoms. The number of hydrogen-bond acceptors (Lipinski definition) is 5. The number of thioether (sulfide) groups is 1. The second kappa shape index (κ2) is 11.0. The van der Waals surface area contributed by atoms with Crippen LogP contribution in [0.3, 0.4) is 0 Å². The van der Waals surface area contributed by atoms with Crippen LogP contribution < -0.4 is 10.6 Å². The van der Waals surface area contributed by atoms with Crippen LogP contribution in [0.4, 0.5) is 11.4 Å². The van der Waals surface area contributed by atoms with Gasteiger partial charge in [-0.05, 0) is 61.9 Å². The molecule has 0 spiro atoms. The number of carbonyl (C=O) groups is 1. The van der Waals surface area contributed by atoms with E-state index < -0.39 is 5.25 Å². The summed E-state index contributed by atoms with van der Waals surface area (Å²) >= 11 is 13.6. The molecule has 0 aliphatic carbocycles. The molecule has 2 N–H and O–H groups in total. The van der Waals surface area contributed by atoms with Crippen LogP contribution in [0.1, 0.15) is 18.3 Å². The van der Waals surface area contributed by atoms with E-state index >= 15 is 0 Å². The number of hydrogen-bond donors (Lipinski definition) is 2. The molecule has 1 atom stereocenters. The summed E-state index contributed by atoms with van der Waals surface area (Å²) in [4.78, 5) is 12.8. The number of nitrogens with zero attached hydrogens (tertiary/aromatic N) is 3. The summed E-state index contributed by atoms with van der Waals surface area (Å²) in [5.74, 6) is 0.566. The first-order valence-electron chi connectivity index (χ1n) is 10.6. The highest BCUT2D eigenvalue weighted by atomic mass is 35.5. The van der Waals surface area contributed by atoms with Gasteiger partial charge in [-0.3, -0.25) is 9.36 Å². The van der Waals surface area contributed by atoms with Gasteiger partial charge in [0.1, 0.15) is 0 Å². The molecular weight excluding hydrogens is 489 g/mol. The third kappa shape index (κ3) is 5.91. The van der Waals surface area contributed by atoms with E-state index in [2.05, 4.69) is 20.8 Å². The SMILES string of the molecule is Cc1ccc(NCc2nnc(S[C@H](C)C(=O)Nc3cccc(Cl)c3)n2-c2ccccc2)cc1Cl. The van der Waals surface area contributed by atoms with Gasteiger partial charge >= 0.3 is 0 Å². The summed E-state index contributed by atoms with van der Waals surface area (Å²) in [7, 11) is 0. The molecule has 0 radical (unpaired) electrons. The molecule has 1 aromatic heterocycles. The fourth-order valence-electron chi connectivity index (χ4n) is 3.23. The Balaban J connectivity index is 1.54. The summed E-state index contributed by atoms with van der Waals surface area (Å²) in [5.41, 5.74) is 3.47. The largest absolute Gasteiger partial charge is 0.378 e. The van der Waals surface area contributed by atoms with Gasteiger partial charge in [0, 0.05) is 27.1 Å². The summed E-state index contributed by atoms with van der Waals surface area (Å²) in [6, 6.07) is 22.7. The summed E-state index contributed by atoms with van der Waals surface area (Å²) in [5, 5.41) is 16.5. The van der Waals surface area contributed by atoms with E-state index in [4.69, 9.17) is 23.2 Å². The molecule has 0 bridgehead atoms. The van der Waals surface area contributed by atoms with Crippen molar-refractivity contribution in [2.24, 2.45) is 0 Å². The quantitative estimate of drug-likeness (QED) is 0.260. The van der Waals surface area contributed by atoms with Gasteiger partial charge in [-0.15, -0.1) is 10.2 Å². The number of amides is 1. The van der Waals surface area contributed by atoms with Crippen LogP contribution in [0.5, 0.6) is 0 Å². The van der Waals surface area contributed by atoms with Gasteiger partial charge in [-0.1, -0.05) is 65.3 Å². The molecule has 4 rings (SSSR count). The minimum absolute atomic E-state index is 0.149. The lowest BCUT2D eigenvalue weighted by Crippen LogP contribution is -2.23. The van der Waals surface area contributed by atoms with Crippen molar-refractivity contribution >= 4 is 52.2 Å². The normalized spacial score (nSPS) is 11.8. The van der Waals surface area contributed by atoms with Gasteiger partial charge in [0.05, 0.1) is 11.8 Å². The van der Waals surface area contributed by atoms with E-state index in [1.807, 2.05) is 66.9 Å². The third-order valence-electron chi connectivity index (χ3n) is 5.08. The van der Waals surface area contributed by atoms with Crippen molar-refractivity contribution in [1.82, 2.24) is 14.8 Å². The molecule has 0 aliphatic rings. The van der Waals surface area contributed by atoms with Gasteiger partial charge < -0.3 is 10.6 Å². The van der Waals surface area contributed by atoms with E-state index in [9.17, 15) is 4.79 Å². The van der Waals surface area contributed by atoms with Crippen molar-refractivity contribution in [3.05, 3.63) is 94.2 Å². The molecule has 0 saturated carbocycles. The predicted octanol–water partition coefficient (Wildman–Crippen LogP) is 6.61. The number of para-hydroxylation sites is 1. The standard InChI is InChI=1S/C25H23Cl2N5OS/c1-16-11-12-19(14-22(16)27)28-15-23-30-31-25(32(23)21-9-4-3-5-10-21)34-17(2)24(33)29-20-8-6-7-18(26)13-20/h3-14,17,28H,15H2,1-2H3,(H,29,33)/t17-/m1/s1. The zero-order valence-corrected chi connectivity index (χ0v) is 21.0. The van der Waals surface area contributed by atoms with E-state index in [0.29, 0.717) is 33.3 Å². The Bertz CT molecular complexity index is 1300. The van der Waals surface area contributed by atoms with Gasteiger partial charge in [-0.25, -0.2) is 0 Å². The van der Waals surface area contributed by atoms with Crippen LogP contribution >= 0.6 is 35.0 Å². The molecule has 0 aliphatic heterocycles. The molecule has 0 fully saturated rings. The summed E-state index contributed by atoms with van der Waals surface area (Å²) < 4.78 is 1.95. The predicted molar refractivity (Wildman–Crippen MR) is 140 cm³/mol. The van der Waals surface area contributed by atoms with Crippen LogP contribution in [0.2, 0.25) is 10.0 Å². The van der Waals surface area contributed by atoms with Crippen LogP contribution in [0.25, 0.3) is 5.69 Å². The first-order chi connectivity index (χ1) is 16.4. The Morgan fingerprint density at radius 1 is 1.00 bits per heavy atom. The van der Waals surface area contributed by atoms with E-state index in [1.54, 1.807) is 24.3 Å². The lowest BCUT2D eigenvalue weighted by atomic mass is 10.2. The lowest BCUT2D eigenvalue weighted by molar-refractivity contribution is -0.115. The zero-order chi connectivity index (χ0) is 24.1. The molecule has 1 heterocycles. The van der Waals surface area contributed by atoms with E-state index in [0.717, 1.165) is 16.9 Å². The number of nitrogens with one attached hydrogen (secondary N) is 2. The van der Waals surface area contributed by atoms with E-state index in [1.165, 1.54) is 11.8 Å². The lowest BCUT2D eigenvalue weighted by Gasteiger charge is -2.14. The molecule has 0 unspecified atom stereocenters. The van der Waals surface area contributed by atoms with Crippen LogP contribution in [-0.2, 0) is 11.3 Å². The molecule has 1 amide bonds. The monoisotopic (exact) mass is 511 g/mol. The Labute approximate surface area is 212 Å². The number of benzene rings is 3. The number of carbonyl (C=O) groups excluding carboxylic acids is 1. The van der Waals surface area contributed by atoms with E-state index in [-0.39, 0.29) is 5.91 Å². The molecule has 3 aromatic carbocycles. The number of aromatic nitrogens is 3. The average Bonchev–Trinajstić information content (AvgIpc) is 3.22. The minimum Gasteiger partial charge on any atom is -0.378 e. The van der Waals surface area contributed by atoms with Crippen LogP contribution in [-0.4, -0.2) is 25.9 Å². The summed E-state index contributed by atoms with van der Waals surface area (Å²) in [6.07, 6.45) is 0. The Hall–Kier alpha value is -3.00. The number of halogens is 2. The molecule has 4 aromatic rings. The van der Waals surface area contributed by atoms with Crippen molar-refractivity contribution in [2.45, 2.75) is 30.8 Å². The van der Waals surface area contributed by atoms with Crippen molar-refractivity contribution in [2.75, 3.05) is 10.6 Å². The number of aryl methyl sites for hydroxylation is 1. The van der Waals surface area contributed by atoms with Crippen LogP contribution in [0, 0.1) is 6.92 Å². The van der Waals surface area contributed by atoms with Crippen molar-refractivity contribution in [3.63, 3.8) is 0 Å². The number of rotatable bonds is 8. The highest BCUT2D eigenvalue weighted by molar-refractivity contribution is 8.00. The van der Waals surface area contributed by atoms with Crippen molar-refractivity contribution < 1.29 is 4.79 Å². The van der Waals surface area contributed by atoms with Crippen molar-refractivity contribution in [1.29, 1.82) is 0 Å². The second-order valence-electron chi connectivity index (χ2n) is 7.65. The Kier molecular flexibility index (Phi) is 7.77. The first kappa shape index (κ1) is 24.1. The minimum atomic E-state index is -0.414. The third-order valence-corrected chi connectivity index (χ3v) is 6.77. The number of anilines is 2. The molecular formula is C25H23Cl2N5OS. The van der Waals surface area contributed by atoms with Crippen molar-refractivity contribution in [3.8, 4) is 5.69 Å². The first-order valence-corrected chi connectivity index (χ1v) is 12.3. The molecule has 174 valence electrons. The second-order valence-corrected chi connectivity index (χ2v) is 9.80. The average molecular weight is 512 g/mol. The zero-order valence-electron chi connectivity index (χ0n) is 18.6. The molecule has 0 saturated heterocycles. The van der Waals surface area contributed by atoms with Gasteiger partial charge in [0.15, 0.2) is 11.0 Å². The maximum absolute atomic E-state index is 12.8. The van der Waals surface area contributed by atoms with Gasteiger partial charge in [0.25, 0.3) is 0 Å². The highest BCUT2D eigenvalue weighted by Gasteiger charge is 2.21. The smallest absolute Gasteiger partial charge is 0.237 e. The topological polar surface area (TPSA) is 71.8 Å².